The van der Waals surface area contributed by atoms with Gasteiger partial charge in [0.1, 0.15) is 11.3 Å². The van der Waals surface area contributed by atoms with Gasteiger partial charge in [0.25, 0.3) is 0 Å². The molecule has 0 amide bonds. The van der Waals surface area contributed by atoms with Crippen LogP contribution in [0, 0.1) is 12.8 Å². The molecule has 1 atom stereocenters. The summed E-state index contributed by atoms with van der Waals surface area (Å²) in [7, 11) is 0. The van der Waals surface area contributed by atoms with Gasteiger partial charge >= 0.3 is 0 Å². The van der Waals surface area contributed by atoms with Crippen LogP contribution in [-0.4, -0.2) is 19.3 Å². The summed E-state index contributed by atoms with van der Waals surface area (Å²) in [6.07, 6.45) is 2.36. The molecule has 20 heavy (non-hydrogen) atoms. The summed E-state index contributed by atoms with van der Waals surface area (Å²) in [4.78, 5) is 4.73. The first kappa shape index (κ1) is 15.4. The van der Waals surface area contributed by atoms with Crippen molar-refractivity contribution in [3.8, 4) is 0 Å². The number of aromatic nitrogens is 4. The van der Waals surface area contributed by atoms with Gasteiger partial charge in [-0.15, -0.1) is 11.6 Å². The van der Waals surface area contributed by atoms with Crippen LogP contribution in [0.15, 0.2) is 0 Å². The molecule has 0 fully saturated rings. The Balaban J connectivity index is 2.44. The van der Waals surface area contributed by atoms with Gasteiger partial charge in [0, 0.05) is 13.1 Å². The maximum absolute atomic E-state index is 6.31. The molecule has 0 saturated heterocycles. The van der Waals surface area contributed by atoms with Gasteiger partial charge in [-0.25, -0.2) is 9.67 Å². The molecular weight excluding hydrogens is 272 g/mol. The van der Waals surface area contributed by atoms with Crippen LogP contribution in [0.2, 0.25) is 0 Å². The number of nitrogens with zero attached hydrogens (tertiary/aromatic N) is 4. The number of rotatable bonds is 6. The van der Waals surface area contributed by atoms with Crippen molar-refractivity contribution >= 4 is 22.8 Å². The normalized spacial score (nSPS) is 13.6. The lowest BCUT2D eigenvalue weighted by atomic mass is 10.1. The second kappa shape index (κ2) is 6.17. The second-order valence-corrected chi connectivity index (χ2v) is 6.50. The number of fused-ring (bicyclic) bond motifs is 1. The van der Waals surface area contributed by atoms with Gasteiger partial charge in [-0.1, -0.05) is 13.8 Å². The molecule has 0 radical (unpaired) electrons. The Kier molecular flexibility index (Phi) is 4.74. The molecule has 5 heteroatoms. The molecule has 2 aromatic heterocycles. The monoisotopic (exact) mass is 296 g/mol. The lowest BCUT2D eigenvalue weighted by Gasteiger charge is -2.12. The summed E-state index contributed by atoms with van der Waals surface area (Å²) in [5.74, 6) is 1.69. The third-order valence-electron chi connectivity index (χ3n) is 3.65. The van der Waals surface area contributed by atoms with E-state index in [2.05, 4.69) is 30.4 Å². The van der Waals surface area contributed by atoms with Gasteiger partial charge in [-0.2, -0.15) is 5.10 Å². The van der Waals surface area contributed by atoms with E-state index in [1.807, 2.05) is 18.5 Å². The van der Waals surface area contributed by atoms with Crippen LogP contribution >= 0.6 is 11.6 Å². The first-order valence-corrected chi connectivity index (χ1v) is 7.96. The van der Waals surface area contributed by atoms with Gasteiger partial charge in [0.2, 0.25) is 0 Å². The number of hydrogen-bond acceptors (Lipinski definition) is 2. The highest BCUT2D eigenvalue weighted by molar-refractivity contribution is 6.20. The number of alkyl halides is 1. The van der Waals surface area contributed by atoms with E-state index in [-0.39, 0.29) is 5.38 Å². The molecule has 0 saturated carbocycles. The van der Waals surface area contributed by atoms with E-state index < -0.39 is 0 Å². The standard InChI is InChI=1S/C15H25ClN4/c1-6-20-15-13(12(5)18-20)17-14(11(4)16)19(15)9-7-8-10(2)3/h10-11H,6-9H2,1-5H3. The van der Waals surface area contributed by atoms with E-state index >= 15 is 0 Å². The number of aryl methyl sites for hydroxylation is 3. The number of imidazole rings is 1. The van der Waals surface area contributed by atoms with Crippen LogP contribution in [0.25, 0.3) is 11.2 Å². The van der Waals surface area contributed by atoms with Crippen LogP contribution in [0.1, 0.15) is 57.4 Å². The molecule has 0 N–H and O–H groups in total. The van der Waals surface area contributed by atoms with Crippen molar-refractivity contribution in [1.29, 1.82) is 0 Å². The topological polar surface area (TPSA) is 35.6 Å². The quantitative estimate of drug-likeness (QED) is 0.745. The Hall–Kier alpha value is -1.03. The zero-order valence-electron chi connectivity index (χ0n) is 13.1. The van der Waals surface area contributed by atoms with Crippen molar-refractivity contribution in [2.75, 3.05) is 0 Å². The summed E-state index contributed by atoms with van der Waals surface area (Å²) < 4.78 is 4.30. The molecule has 0 spiro atoms. The smallest absolute Gasteiger partial charge is 0.158 e. The van der Waals surface area contributed by atoms with E-state index in [9.17, 15) is 0 Å². The summed E-state index contributed by atoms with van der Waals surface area (Å²) in [6, 6.07) is 0. The molecule has 1 unspecified atom stereocenters. The second-order valence-electron chi connectivity index (χ2n) is 5.85. The third-order valence-corrected chi connectivity index (χ3v) is 3.84. The summed E-state index contributed by atoms with van der Waals surface area (Å²) in [5.41, 5.74) is 3.11. The predicted molar refractivity (Wildman–Crippen MR) is 84.3 cm³/mol. The Morgan fingerprint density at radius 2 is 1.95 bits per heavy atom. The van der Waals surface area contributed by atoms with Gasteiger partial charge in [-0.3, -0.25) is 0 Å². The highest BCUT2D eigenvalue weighted by Crippen LogP contribution is 2.27. The molecular formula is C15H25ClN4. The van der Waals surface area contributed by atoms with E-state index in [1.165, 1.54) is 6.42 Å². The van der Waals surface area contributed by atoms with Crippen LogP contribution < -0.4 is 0 Å². The van der Waals surface area contributed by atoms with E-state index in [0.717, 1.165) is 48.1 Å². The molecule has 0 aliphatic heterocycles. The van der Waals surface area contributed by atoms with Gasteiger partial charge in [0.05, 0.1) is 11.1 Å². The fourth-order valence-electron chi connectivity index (χ4n) is 2.64. The molecule has 4 nitrogen and oxygen atoms in total. The Morgan fingerprint density at radius 3 is 2.50 bits per heavy atom. The van der Waals surface area contributed by atoms with Crippen molar-refractivity contribution in [3.63, 3.8) is 0 Å². The predicted octanol–water partition coefficient (Wildman–Crippen LogP) is 4.30. The minimum absolute atomic E-state index is 0.0776. The fraction of sp³-hybridized carbons (Fsp3) is 0.733. The van der Waals surface area contributed by atoms with Crippen LogP contribution in [0.4, 0.5) is 0 Å². The highest BCUT2D eigenvalue weighted by Gasteiger charge is 2.20. The average Bonchev–Trinajstić information content (AvgIpc) is 2.88. The first-order chi connectivity index (χ1) is 9.45. The Morgan fingerprint density at radius 1 is 1.25 bits per heavy atom. The molecule has 0 aliphatic rings. The lowest BCUT2D eigenvalue weighted by Crippen LogP contribution is -2.10. The maximum atomic E-state index is 6.31. The average molecular weight is 297 g/mol. The first-order valence-electron chi connectivity index (χ1n) is 7.53. The van der Waals surface area contributed by atoms with Crippen molar-refractivity contribution in [2.24, 2.45) is 5.92 Å². The minimum atomic E-state index is -0.0776. The number of hydrogen-bond donors (Lipinski definition) is 0. The zero-order chi connectivity index (χ0) is 14.9. The minimum Gasteiger partial charge on any atom is -0.312 e. The summed E-state index contributed by atoms with van der Waals surface area (Å²) >= 11 is 6.31. The van der Waals surface area contributed by atoms with E-state index in [0.29, 0.717) is 0 Å². The molecule has 2 heterocycles. The van der Waals surface area contributed by atoms with Crippen LogP contribution in [-0.2, 0) is 13.1 Å². The zero-order valence-corrected chi connectivity index (χ0v) is 13.9. The largest absolute Gasteiger partial charge is 0.312 e. The Bertz CT molecular complexity index is 580. The molecule has 2 aromatic rings. The van der Waals surface area contributed by atoms with Gasteiger partial charge in [-0.05, 0) is 39.5 Å². The number of halogens is 1. The van der Waals surface area contributed by atoms with Gasteiger partial charge in [0.15, 0.2) is 5.65 Å². The Labute approximate surface area is 126 Å². The van der Waals surface area contributed by atoms with E-state index in [1.54, 1.807) is 0 Å². The van der Waals surface area contributed by atoms with Crippen molar-refractivity contribution in [2.45, 2.75) is 65.9 Å². The van der Waals surface area contributed by atoms with Crippen molar-refractivity contribution in [3.05, 3.63) is 11.5 Å². The fourth-order valence-corrected chi connectivity index (χ4v) is 2.81. The van der Waals surface area contributed by atoms with Crippen molar-refractivity contribution in [1.82, 2.24) is 19.3 Å². The van der Waals surface area contributed by atoms with Crippen LogP contribution in [0.5, 0.6) is 0 Å². The lowest BCUT2D eigenvalue weighted by molar-refractivity contribution is 0.502. The van der Waals surface area contributed by atoms with Crippen LogP contribution in [0.3, 0.4) is 0 Å². The molecule has 0 aromatic carbocycles. The molecule has 2 rings (SSSR count). The molecule has 0 bridgehead atoms. The third kappa shape index (κ3) is 2.85. The molecule has 0 aliphatic carbocycles. The van der Waals surface area contributed by atoms with Gasteiger partial charge < -0.3 is 4.57 Å². The van der Waals surface area contributed by atoms with Crippen molar-refractivity contribution < 1.29 is 0 Å². The van der Waals surface area contributed by atoms with E-state index in [4.69, 9.17) is 16.6 Å². The summed E-state index contributed by atoms with van der Waals surface area (Å²) in [5, 5.41) is 4.49. The summed E-state index contributed by atoms with van der Waals surface area (Å²) in [6.45, 7) is 12.5. The highest BCUT2D eigenvalue weighted by atomic mass is 35.5. The maximum Gasteiger partial charge on any atom is 0.158 e. The SMILES string of the molecule is CCn1nc(C)c2nc(C(C)Cl)n(CCCC(C)C)c21. The molecule has 112 valence electrons.